The molecule has 0 aliphatic rings. The molecule has 0 bridgehead atoms. The van der Waals surface area contributed by atoms with Gasteiger partial charge in [-0.2, -0.15) is 0 Å². The Hall–Kier alpha value is 0.0200. The second kappa shape index (κ2) is 15.4. The number of rotatable bonds is 14. The largest absolute Gasteiger partial charge is 0.287 e. The second-order valence-corrected chi connectivity index (χ2v) is 7.36. The van der Waals surface area contributed by atoms with Gasteiger partial charge in [-0.05, 0) is 12.3 Å². The Balaban J connectivity index is 3.04. The number of carbonyl (C=O) groups is 1. The molecule has 0 aromatic rings. The van der Waals surface area contributed by atoms with E-state index >= 15 is 0 Å². The molecule has 0 unspecified atom stereocenters. The van der Waals surface area contributed by atoms with Crippen LogP contribution >= 0.6 is 11.8 Å². The first-order chi connectivity index (χ1) is 9.66. The summed E-state index contributed by atoms with van der Waals surface area (Å²) in [6, 6.07) is 0. The van der Waals surface area contributed by atoms with Crippen LogP contribution in [0.15, 0.2) is 0 Å². The van der Waals surface area contributed by atoms with Crippen LogP contribution in [-0.2, 0) is 4.79 Å². The molecule has 0 amide bonds. The Morgan fingerprint density at radius 1 is 0.850 bits per heavy atom. The van der Waals surface area contributed by atoms with Gasteiger partial charge in [0.25, 0.3) is 0 Å². The lowest BCUT2D eigenvalue weighted by Crippen LogP contribution is -1.90. The van der Waals surface area contributed by atoms with Crippen LogP contribution in [0.1, 0.15) is 97.8 Å². The fourth-order valence-electron chi connectivity index (χ4n) is 2.43. The number of carbonyl (C=O) groups excluding carboxylic acids is 1. The first-order valence-corrected chi connectivity index (χ1v) is 9.52. The topological polar surface area (TPSA) is 17.1 Å². The van der Waals surface area contributed by atoms with Crippen LogP contribution < -0.4 is 0 Å². The van der Waals surface area contributed by atoms with Crippen LogP contribution in [0.2, 0.25) is 0 Å². The molecule has 1 radical (unpaired) electrons. The van der Waals surface area contributed by atoms with Crippen molar-refractivity contribution in [3.63, 3.8) is 0 Å². The number of thioether (sulfide) groups is 1. The van der Waals surface area contributed by atoms with E-state index in [4.69, 9.17) is 0 Å². The van der Waals surface area contributed by atoms with Gasteiger partial charge in [-0.1, -0.05) is 96.7 Å². The molecular formula is C18H35OS. The molecule has 0 aliphatic carbocycles. The molecule has 0 rings (SSSR count). The zero-order valence-corrected chi connectivity index (χ0v) is 14.8. The highest BCUT2D eigenvalue weighted by molar-refractivity contribution is 8.15. The molecule has 0 heterocycles. The molecule has 0 aromatic carbocycles. The van der Waals surface area contributed by atoms with E-state index in [1.165, 1.54) is 76.0 Å². The molecule has 0 fully saturated rings. The van der Waals surface area contributed by atoms with E-state index < -0.39 is 0 Å². The van der Waals surface area contributed by atoms with Crippen molar-refractivity contribution in [1.29, 1.82) is 0 Å². The van der Waals surface area contributed by atoms with Gasteiger partial charge in [-0.15, -0.1) is 0 Å². The Labute approximate surface area is 131 Å². The molecule has 0 atom stereocenters. The minimum atomic E-state index is 0.328. The fourth-order valence-corrected chi connectivity index (χ4v) is 2.95. The Kier molecular flexibility index (Phi) is 15.4. The van der Waals surface area contributed by atoms with Crippen molar-refractivity contribution < 1.29 is 4.79 Å². The molecule has 2 heteroatoms. The van der Waals surface area contributed by atoms with Crippen LogP contribution in [0.4, 0.5) is 0 Å². The molecule has 1 nitrogen and oxygen atoms in total. The minimum Gasteiger partial charge on any atom is -0.287 e. The molecule has 0 saturated heterocycles. The first kappa shape index (κ1) is 20.0. The molecule has 119 valence electrons. The lowest BCUT2D eigenvalue weighted by atomic mass is 10.0. The molecule has 0 aliphatic heterocycles. The van der Waals surface area contributed by atoms with Gasteiger partial charge in [-0.3, -0.25) is 4.79 Å². The van der Waals surface area contributed by atoms with Crippen LogP contribution in [-0.4, -0.2) is 5.12 Å². The third-order valence-corrected chi connectivity index (χ3v) is 4.36. The molecular weight excluding hydrogens is 264 g/mol. The standard InChI is InChI=1S/C18H35OS/c1-4-20-18(19)16-14-12-10-8-6-5-7-9-11-13-15-17(2)3/h4,17H,5-16H2,1-3H3. The molecule has 0 saturated carbocycles. The maximum Gasteiger partial charge on any atom is 0.189 e. The van der Waals surface area contributed by atoms with Crippen LogP contribution in [0, 0.1) is 11.7 Å². The first-order valence-electron chi connectivity index (χ1n) is 8.64. The van der Waals surface area contributed by atoms with Gasteiger partial charge in [0.1, 0.15) is 0 Å². The SMILES string of the molecule is C[CH]SC(=O)CCCCCCCCCCCCC(C)C. The van der Waals surface area contributed by atoms with E-state index in [1.807, 2.05) is 12.7 Å². The van der Waals surface area contributed by atoms with Crippen molar-refractivity contribution >= 4 is 16.9 Å². The Morgan fingerprint density at radius 2 is 1.30 bits per heavy atom. The summed E-state index contributed by atoms with van der Waals surface area (Å²) in [6.45, 7) is 6.55. The third kappa shape index (κ3) is 16.1. The molecule has 0 N–H and O–H groups in total. The van der Waals surface area contributed by atoms with Crippen LogP contribution in [0.3, 0.4) is 0 Å². The molecule has 0 aromatic heterocycles. The number of hydrogen-bond donors (Lipinski definition) is 0. The van der Waals surface area contributed by atoms with E-state index in [0.29, 0.717) is 5.12 Å². The monoisotopic (exact) mass is 299 g/mol. The summed E-state index contributed by atoms with van der Waals surface area (Å²) in [5.74, 6) is 2.75. The summed E-state index contributed by atoms with van der Waals surface area (Å²) in [4.78, 5) is 11.3. The summed E-state index contributed by atoms with van der Waals surface area (Å²) < 4.78 is 0. The smallest absolute Gasteiger partial charge is 0.189 e. The van der Waals surface area contributed by atoms with Gasteiger partial charge in [0.15, 0.2) is 5.12 Å². The van der Waals surface area contributed by atoms with E-state index in [9.17, 15) is 4.79 Å². The van der Waals surface area contributed by atoms with Crippen LogP contribution in [0.5, 0.6) is 0 Å². The minimum absolute atomic E-state index is 0.328. The highest BCUT2D eigenvalue weighted by Gasteiger charge is 2.00. The van der Waals surface area contributed by atoms with Crippen molar-refractivity contribution in [1.82, 2.24) is 0 Å². The highest BCUT2D eigenvalue weighted by atomic mass is 32.2. The predicted octanol–water partition coefficient (Wildman–Crippen LogP) is 6.77. The van der Waals surface area contributed by atoms with Crippen LogP contribution in [0.25, 0.3) is 0 Å². The van der Waals surface area contributed by atoms with E-state index in [2.05, 4.69) is 13.8 Å². The quantitative estimate of drug-likeness (QED) is 0.329. The van der Waals surface area contributed by atoms with Crippen molar-refractivity contribution in [3.8, 4) is 0 Å². The van der Waals surface area contributed by atoms with Gasteiger partial charge < -0.3 is 0 Å². The Bertz CT molecular complexity index is 213. The summed E-state index contributed by atoms with van der Waals surface area (Å²) in [7, 11) is 0. The summed E-state index contributed by atoms with van der Waals surface area (Å²) in [5.41, 5.74) is 0. The summed E-state index contributed by atoms with van der Waals surface area (Å²) in [5, 5.41) is 0.328. The van der Waals surface area contributed by atoms with Gasteiger partial charge in [0.2, 0.25) is 0 Å². The third-order valence-electron chi connectivity index (χ3n) is 3.66. The lowest BCUT2D eigenvalue weighted by Gasteiger charge is -2.04. The second-order valence-electron chi connectivity index (χ2n) is 6.19. The average molecular weight is 300 g/mol. The van der Waals surface area contributed by atoms with Gasteiger partial charge in [0.05, 0.1) is 0 Å². The Morgan fingerprint density at radius 3 is 1.75 bits per heavy atom. The predicted molar refractivity (Wildman–Crippen MR) is 92.8 cm³/mol. The number of unbranched alkanes of at least 4 members (excludes halogenated alkanes) is 9. The van der Waals surface area contributed by atoms with Gasteiger partial charge in [0, 0.05) is 12.2 Å². The van der Waals surface area contributed by atoms with Gasteiger partial charge >= 0.3 is 0 Å². The van der Waals surface area contributed by atoms with Crippen molar-refractivity contribution in [2.45, 2.75) is 97.8 Å². The van der Waals surface area contributed by atoms with Crippen molar-refractivity contribution in [3.05, 3.63) is 5.75 Å². The summed E-state index contributed by atoms with van der Waals surface area (Å²) in [6.07, 6.45) is 15.6. The fraction of sp³-hybridized carbons (Fsp3) is 0.889. The van der Waals surface area contributed by atoms with E-state index in [0.717, 1.165) is 18.8 Å². The maximum atomic E-state index is 11.3. The zero-order chi connectivity index (χ0) is 15.1. The number of hydrogen-bond acceptors (Lipinski definition) is 2. The zero-order valence-electron chi connectivity index (χ0n) is 14.0. The maximum absolute atomic E-state index is 11.3. The molecule has 20 heavy (non-hydrogen) atoms. The van der Waals surface area contributed by atoms with E-state index in [1.54, 1.807) is 0 Å². The van der Waals surface area contributed by atoms with E-state index in [-0.39, 0.29) is 0 Å². The summed E-state index contributed by atoms with van der Waals surface area (Å²) >= 11 is 1.35. The van der Waals surface area contributed by atoms with Gasteiger partial charge in [-0.25, -0.2) is 0 Å². The lowest BCUT2D eigenvalue weighted by molar-refractivity contribution is -0.111. The van der Waals surface area contributed by atoms with Crippen molar-refractivity contribution in [2.24, 2.45) is 5.92 Å². The molecule has 0 spiro atoms. The highest BCUT2D eigenvalue weighted by Crippen LogP contribution is 2.15. The van der Waals surface area contributed by atoms with Crippen molar-refractivity contribution in [2.75, 3.05) is 0 Å². The average Bonchev–Trinajstić information content (AvgIpc) is 2.40. The normalized spacial score (nSPS) is 11.2.